The van der Waals surface area contributed by atoms with Gasteiger partial charge >= 0.3 is 6.09 Å². The second kappa shape index (κ2) is 7.26. The van der Waals surface area contributed by atoms with E-state index in [4.69, 9.17) is 15.5 Å². The monoisotopic (exact) mass is 280 g/mol. The molecule has 1 unspecified atom stereocenters. The number of alkyl carbamates (subject to hydrolysis) is 1. The molecule has 0 aromatic heterocycles. The number of hydrogen-bond acceptors (Lipinski definition) is 4. The third kappa shape index (κ3) is 5.59. The highest BCUT2D eigenvalue weighted by molar-refractivity contribution is 5.67. The van der Waals surface area contributed by atoms with Crippen molar-refractivity contribution < 1.29 is 14.4 Å². The predicted molar refractivity (Wildman–Crippen MR) is 78.3 cm³/mol. The molecule has 0 bridgehead atoms. The second-order valence-corrected chi connectivity index (χ2v) is 5.77. The Balaban J connectivity index is 2.65. The number of amides is 1. The summed E-state index contributed by atoms with van der Waals surface area (Å²) in [5.74, 6) is 5.18. The first kappa shape index (κ1) is 16.5. The van der Waals surface area contributed by atoms with Gasteiger partial charge < -0.3 is 14.9 Å². The fourth-order valence-electron chi connectivity index (χ4n) is 1.94. The maximum absolute atomic E-state index is 11.7. The summed E-state index contributed by atoms with van der Waals surface area (Å²) in [4.78, 5) is 16.4. The zero-order valence-electron chi connectivity index (χ0n) is 12.6. The van der Waals surface area contributed by atoms with Crippen LogP contribution in [-0.2, 0) is 9.57 Å². The first-order valence-electron chi connectivity index (χ1n) is 6.67. The number of ether oxygens (including phenoxy) is 1. The van der Waals surface area contributed by atoms with Crippen LogP contribution in [0.3, 0.4) is 0 Å². The molecule has 1 aromatic rings. The quantitative estimate of drug-likeness (QED) is 0.813. The van der Waals surface area contributed by atoms with Gasteiger partial charge in [0.2, 0.25) is 0 Å². The SMILES string of the molecule is Cc1ccccc1C(CNC(=O)OC(C)(C)C)CON. The molecule has 1 aromatic carbocycles. The topological polar surface area (TPSA) is 73.6 Å². The van der Waals surface area contributed by atoms with Crippen LogP contribution < -0.4 is 11.2 Å². The van der Waals surface area contributed by atoms with Gasteiger partial charge in [0, 0.05) is 12.5 Å². The van der Waals surface area contributed by atoms with Crippen molar-refractivity contribution in [3.8, 4) is 0 Å². The van der Waals surface area contributed by atoms with Gasteiger partial charge in [-0.05, 0) is 38.8 Å². The minimum absolute atomic E-state index is 0.00582. The Morgan fingerprint density at radius 3 is 2.55 bits per heavy atom. The summed E-state index contributed by atoms with van der Waals surface area (Å²) >= 11 is 0. The lowest BCUT2D eigenvalue weighted by atomic mass is 9.95. The molecular weight excluding hydrogens is 256 g/mol. The van der Waals surface area contributed by atoms with Crippen LogP contribution in [0.5, 0.6) is 0 Å². The molecule has 1 rings (SSSR count). The van der Waals surface area contributed by atoms with Crippen molar-refractivity contribution in [3.05, 3.63) is 35.4 Å². The molecule has 0 heterocycles. The standard InChI is InChI=1S/C15H24N2O3/c1-11-7-5-6-8-13(11)12(10-19-16)9-17-14(18)20-15(2,3)4/h5-8,12H,9-10,16H2,1-4H3,(H,17,18). The van der Waals surface area contributed by atoms with Gasteiger partial charge in [0.25, 0.3) is 0 Å². The van der Waals surface area contributed by atoms with Crippen LogP contribution >= 0.6 is 0 Å². The number of nitrogens with two attached hydrogens (primary N) is 1. The number of rotatable bonds is 5. The van der Waals surface area contributed by atoms with E-state index in [0.29, 0.717) is 13.2 Å². The van der Waals surface area contributed by atoms with Crippen molar-refractivity contribution >= 4 is 6.09 Å². The fraction of sp³-hybridized carbons (Fsp3) is 0.533. The summed E-state index contributed by atoms with van der Waals surface area (Å²) in [7, 11) is 0. The summed E-state index contributed by atoms with van der Waals surface area (Å²) in [6.07, 6.45) is -0.437. The molecule has 112 valence electrons. The van der Waals surface area contributed by atoms with Gasteiger partial charge in [0.15, 0.2) is 0 Å². The third-order valence-corrected chi connectivity index (χ3v) is 2.82. The lowest BCUT2D eigenvalue weighted by Gasteiger charge is -2.22. The largest absolute Gasteiger partial charge is 0.444 e. The number of aryl methyl sites for hydroxylation is 1. The van der Waals surface area contributed by atoms with Crippen LogP contribution in [0.1, 0.15) is 37.8 Å². The molecule has 1 atom stereocenters. The van der Waals surface area contributed by atoms with Crippen LogP contribution in [0.15, 0.2) is 24.3 Å². The predicted octanol–water partition coefficient (Wildman–Crippen LogP) is 2.49. The highest BCUT2D eigenvalue weighted by Crippen LogP contribution is 2.19. The molecule has 0 radical (unpaired) electrons. The molecule has 1 amide bonds. The van der Waals surface area contributed by atoms with E-state index in [2.05, 4.69) is 5.32 Å². The highest BCUT2D eigenvalue weighted by Gasteiger charge is 2.19. The fourth-order valence-corrected chi connectivity index (χ4v) is 1.94. The number of carbonyl (C=O) groups is 1. The zero-order valence-corrected chi connectivity index (χ0v) is 12.6. The first-order valence-corrected chi connectivity index (χ1v) is 6.67. The van der Waals surface area contributed by atoms with Crippen LogP contribution in [0, 0.1) is 6.92 Å². The minimum Gasteiger partial charge on any atom is -0.444 e. The van der Waals surface area contributed by atoms with Crippen molar-refractivity contribution in [1.82, 2.24) is 5.32 Å². The van der Waals surface area contributed by atoms with Crippen molar-refractivity contribution in [2.45, 2.75) is 39.2 Å². The van der Waals surface area contributed by atoms with E-state index in [1.54, 1.807) is 0 Å². The Kier molecular flexibility index (Phi) is 5.98. The molecule has 3 N–H and O–H groups in total. The molecule has 0 aliphatic carbocycles. The third-order valence-electron chi connectivity index (χ3n) is 2.82. The number of carbonyl (C=O) groups excluding carboxylic acids is 1. The molecule has 0 saturated heterocycles. The molecule has 0 saturated carbocycles. The van der Waals surface area contributed by atoms with E-state index in [0.717, 1.165) is 11.1 Å². The maximum Gasteiger partial charge on any atom is 0.407 e. The van der Waals surface area contributed by atoms with Gasteiger partial charge in [-0.3, -0.25) is 0 Å². The van der Waals surface area contributed by atoms with Crippen LogP contribution in [0.2, 0.25) is 0 Å². The molecule has 0 spiro atoms. The minimum atomic E-state index is -0.507. The van der Waals surface area contributed by atoms with E-state index < -0.39 is 11.7 Å². The van der Waals surface area contributed by atoms with Gasteiger partial charge in [-0.2, -0.15) is 0 Å². The summed E-state index contributed by atoms with van der Waals surface area (Å²) in [6.45, 7) is 8.25. The first-order chi connectivity index (χ1) is 9.33. The average Bonchev–Trinajstić information content (AvgIpc) is 2.33. The summed E-state index contributed by atoms with van der Waals surface area (Å²) < 4.78 is 5.21. The summed E-state index contributed by atoms with van der Waals surface area (Å²) in [5.41, 5.74) is 1.74. The Hall–Kier alpha value is -1.59. The van der Waals surface area contributed by atoms with E-state index in [-0.39, 0.29) is 5.92 Å². The molecule has 0 aliphatic heterocycles. The van der Waals surface area contributed by atoms with Crippen molar-refractivity contribution in [2.75, 3.05) is 13.2 Å². The average molecular weight is 280 g/mol. The van der Waals surface area contributed by atoms with Gasteiger partial charge in [0.1, 0.15) is 5.60 Å². The van der Waals surface area contributed by atoms with E-state index in [1.807, 2.05) is 52.0 Å². The molecule has 5 heteroatoms. The molecule has 5 nitrogen and oxygen atoms in total. The zero-order chi connectivity index (χ0) is 15.2. The Morgan fingerprint density at radius 1 is 1.35 bits per heavy atom. The van der Waals surface area contributed by atoms with Crippen LogP contribution in [0.25, 0.3) is 0 Å². The molecule has 20 heavy (non-hydrogen) atoms. The Morgan fingerprint density at radius 2 is 2.00 bits per heavy atom. The summed E-state index contributed by atoms with van der Waals surface area (Å²) in [6, 6.07) is 7.96. The van der Waals surface area contributed by atoms with Gasteiger partial charge in [-0.15, -0.1) is 0 Å². The Bertz CT molecular complexity index is 441. The van der Waals surface area contributed by atoms with Crippen LogP contribution in [0.4, 0.5) is 4.79 Å². The number of benzene rings is 1. The van der Waals surface area contributed by atoms with E-state index in [9.17, 15) is 4.79 Å². The van der Waals surface area contributed by atoms with Gasteiger partial charge in [-0.1, -0.05) is 24.3 Å². The number of nitrogens with one attached hydrogen (secondary N) is 1. The lowest BCUT2D eigenvalue weighted by Crippen LogP contribution is -2.36. The van der Waals surface area contributed by atoms with Crippen molar-refractivity contribution in [3.63, 3.8) is 0 Å². The normalized spacial score (nSPS) is 12.8. The maximum atomic E-state index is 11.7. The van der Waals surface area contributed by atoms with E-state index in [1.165, 1.54) is 0 Å². The van der Waals surface area contributed by atoms with Crippen molar-refractivity contribution in [1.29, 1.82) is 0 Å². The molecule has 0 aliphatic rings. The van der Waals surface area contributed by atoms with Gasteiger partial charge in [-0.25, -0.2) is 10.7 Å². The van der Waals surface area contributed by atoms with Gasteiger partial charge in [0.05, 0.1) is 6.61 Å². The smallest absolute Gasteiger partial charge is 0.407 e. The Labute approximate surface area is 120 Å². The lowest BCUT2D eigenvalue weighted by molar-refractivity contribution is 0.0512. The molecule has 0 fully saturated rings. The van der Waals surface area contributed by atoms with Crippen LogP contribution in [-0.4, -0.2) is 24.8 Å². The second-order valence-electron chi connectivity index (χ2n) is 5.77. The molecular formula is C15H24N2O3. The summed E-state index contributed by atoms with van der Waals surface area (Å²) in [5, 5.41) is 2.75. The highest BCUT2D eigenvalue weighted by atomic mass is 16.6. The van der Waals surface area contributed by atoms with E-state index >= 15 is 0 Å². The van der Waals surface area contributed by atoms with Crippen molar-refractivity contribution in [2.24, 2.45) is 5.90 Å². The number of hydrogen-bond donors (Lipinski definition) is 2.